The van der Waals surface area contributed by atoms with Gasteiger partial charge in [0.2, 0.25) is 5.91 Å². The molecule has 0 bridgehead atoms. The molecule has 12 N–H and O–H groups in total. The highest BCUT2D eigenvalue weighted by Crippen LogP contribution is 2.33. The zero-order chi connectivity index (χ0) is 72.5. The number of aliphatic hydroxyl groups is 11. The van der Waals surface area contributed by atoms with Crippen LogP contribution in [0, 0.1) is 0 Å². The first kappa shape index (κ1) is 91.7. The number of hydrogen-bond donors (Lipinski definition) is 12. The third-order valence-electron chi connectivity index (χ3n) is 20.0. The van der Waals surface area contributed by atoms with E-state index in [-0.39, 0.29) is 18.9 Å². The van der Waals surface area contributed by atoms with Gasteiger partial charge in [-0.2, -0.15) is 0 Å². The molecule has 3 saturated heterocycles. The van der Waals surface area contributed by atoms with E-state index in [0.717, 1.165) is 51.4 Å². The highest BCUT2D eigenvalue weighted by molar-refractivity contribution is 5.76. The molecule has 3 fully saturated rings. The van der Waals surface area contributed by atoms with Gasteiger partial charge >= 0.3 is 0 Å². The van der Waals surface area contributed by atoms with Crippen LogP contribution in [0.3, 0.4) is 0 Å². The van der Waals surface area contributed by atoms with Crippen molar-refractivity contribution in [1.29, 1.82) is 0 Å². The Morgan fingerprint density at radius 3 is 1.06 bits per heavy atom. The molecule has 17 unspecified atom stereocenters. The molecular formula is C81H147NO18. The molecule has 17 atom stereocenters. The third kappa shape index (κ3) is 41.4. The summed E-state index contributed by atoms with van der Waals surface area (Å²) in [6, 6.07) is -0.999. The summed E-state index contributed by atoms with van der Waals surface area (Å²) in [5.41, 5.74) is 0. The summed E-state index contributed by atoms with van der Waals surface area (Å²) in [4.78, 5) is 13.5. The molecule has 3 aliphatic rings. The van der Waals surface area contributed by atoms with Crippen molar-refractivity contribution in [3.8, 4) is 0 Å². The zero-order valence-electron chi connectivity index (χ0n) is 62.4. The Morgan fingerprint density at radius 1 is 0.360 bits per heavy atom. The fraction of sp³-hybridized carbons (Fsp3) is 0.864. The monoisotopic (exact) mass is 1420 g/mol. The van der Waals surface area contributed by atoms with Crippen molar-refractivity contribution in [3.63, 3.8) is 0 Å². The van der Waals surface area contributed by atoms with E-state index in [9.17, 15) is 61.0 Å². The van der Waals surface area contributed by atoms with Gasteiger partial charge in [-0.05, 0) is 77.0 Å². The van der Waals surface area contributed by atoms with E-state index in [4.69, 9.17) is 28.4 Å². The fourth-order valence-electron chi connectivity index (χ4n) is 13.5. The molecule has 0 saturated carbocycles. The van der Waals surface area contributed by atoms with Gasteiger partial charge in [0.05, 0.1) is 38.6 Å². The summed E-state index contributed by atoms with van der Waals surface area (Å²) in [5.74, 6) is -0.286. The van der Waals surface area contributed by atoms with Gasteiger partial charge in [0, 0.05) is 6.42 Å². The van der Waals surface area contributed by atoms with Crippen LogP contribution in [0.25, 0.3) is 0 Å². The first-order chi connectivity index (χ1) is 48.8. The van der Waals surface area contributed by atoms with Gasteiger partial charge in [0.1, 0.15) is 73.2 Å². The molecule has 0 aromatic rings. The lowest BCUT2D eigenvalue weighted by molar-refractivity contribution is -0.379. The van der Waals surface area contributed by atoms with Crippen LogP contribution in [-0.4, -0.2) is 193 Å². The maximum Gasteiger partial charge on any atom is 0.220 e. The fourth-order valence-corrected chi connectivity index (χ4v) is 13.5. The van der Waals surface area contributed by atoms with E-state index in [1.54, 1.807) is 6.08 Å². The second-order valence-corrected chi connectivity index (χ2v) is 28.9. The van der Waals surface area contributed by atoms with Crippen LogP contribution in [0.1, 0.15) is 316 Å². The van der Waals surface area contributed by atoms with Crippen molar-refractivity contribution in [2.45, 2.75) is 420 Å². The van der Waals surface area contributed by atoms with Crippen LogP contribution in [0.2, 0.25) is 0 Å². The Kier molecular flexibility index (Phi) is 56.5. The highest BCUT2D eigenvalue weighted by atomic mass is 16.8. The van der Waals surface area contributed by atoms with Crippen LogP contribution in [0.5, 0.6) is 0 Å². The van der Waals surface area contributed by atoms with Crippen LogP contribution in [-0.2, 0) is 33.2 Å². The number of aliphatic hydroxyl groups excluding tert-OH is 11. The average molecular weight is 1420 g/mol. The lowest BCUT2D eigenvalue weighted by atomic mass is 9.96. The van der Waals surface area contributed by atoms with Crippen LogP contribution in [0.15, 0.2) is 60.8 Å². The molecule has 0 aromatic heterocycles. The summed E-state index contributed by atoms with van der Waals surface area (Å²) < 4.78 is 34.4. The molecule has 0 aromatic carbocycles. The van der Waals surface area contributed by atoms with E-state index in [1.807, 2.05) is 6.08 Å². The predicted octanol–water partition coefficient (Wildman–Crippen LogP) is 13.5. The van der Waals surface area contributed by atoms with Crippen molar-refractivity contribution in [1.82, 2.24) is 5.32 Å². The Morgan fingerprint density at radius 2 is 0.670 bits per heavy atom. The van der Waals surface area contributed by atoms with Crippen LogP contribution >= 0.6 is 0 Å². The molecule has 3 heterocycles. The van der Waals surface area contributed by atoms with E-state index < -0.39 is 124 Å². The number of ether oxygens (including phenoxy) is 6. The van der Waals surface area contributed by atoms with E-state index in [2.05, 4.69) is 67.8 Å². The lowest BCUT2D eigenvalue weighted by Crippen LogP contribution is -2.66. The molecule has 3 rings (SSSR count). The normalized spacial score (nSPS) is 26.8. The molecule has 100 heavy (non-hydrogen) atoms. The second-order valence-electron chi connectivity index (χ2n) is 28.9. The van der Waals surface area contributed by atoms with Gasteiger partial charge in [-0.1, -0.05) is 293 Å². The number of carbonyl (C=O) groups excluding carboxylic acids is 1. The molecule has 0 spiro atoms. The van der Waals surface area contributed by atoms with Crippen LogP contribution in [0.4, 0.5) is 0 Å². The number of nitrogens with one attached hydrogen (secondary N) is 1. The molecule has 1 amide bonds. The quantitative estimate of drug-likeness (QED) is 0.0199. The number of carbonyl (C=O) groups is 1. The Balaban J connectivity index is 1.38. The standard InChI is InChI=1S/C81H147NO18/c1-3-5-7-9-11-13-15-17-19-21-23-25-27-29-30-31-32-33-34-35-37-39-41-43-45-47-49-51-53-55-57-59-69(87)82-64(65(86)58-56-54-52-50-48-46-44-42-40-38-36-28-26-24-22-20-18-16-14-12-10-8-6-4-2)63-95-79-75(93)72(90)77(67(61-84)97-79)100-81-76(94)73(91)78(68(62-85)98-81)99-80-74(92)71(89)70(88)66(60-83)96-80/h15,17,21,23,40,42,48,50,56,58,64-68,70-81,83-86,88-94H,3-14,16,18-20,22,24-39,41,43-47,49,51-55,57,59-63H2,1-2H3,(H,82,87)/b17-15-,23-21-,42-40+,50-48+,58-56+. The Hall–Kier alpha value is -2.51. The predicted molar refractivity (Wildman–Crippen MR) is 397 cm³/mol. The summed E-state index contributed by atoms with van der Waals surface area (Å²) in [6.45, 7) is 1.74. The van der Waals surface area contributed by atoms with Gasteiger partial charge in [0.15, 0.2) is 18.9 Å². The number of rotatable bonds is 64. The SMILES string of the molecule is CCCCCCC/C=C\C/C=C\CCCCCCCCCCCCCCCCCCCCCC(=O)NC(COC1OC(CO)C(OC2OC(CO)C(OC3OC(CO)C(O)C(O)C3O)C(O)C2O)C(O)C1O)C(O)/C=C/CC/C=C/CC/C=C/CCCCCCCCCCCCCCCC. The first-order valence-electron chi connectivity index (χ1n) is 40.5. The van der Waals surface area contributed by atoms with Crippen molar-refractivity contribution in [2.75, 3.05) is 26.4 Å². The minimum atomic E-state index is -1.98. The van der Waals surface area contributed by atoms with Crippen molar-refractivity contribution >= 4 is 5.91 Å². The summed E-state index contributed by atoms with van der Waals surface area (Å²) >= 11 is 0. The van der Waals surface area contributed by atoms with Gasteiger partial charge in [0.25, 0.3) is 0 Å². The maximum absolute atomic E-state index is 13.5. The molecule has 3 aliphatic heterocycles. The molecule has 19 heteroatoms. The molecule has 584 valence electrons. The summed E-state index contributed by atoms with van der Waals surface area (Å²) in [6.07, 6.45) is 52.1. The van der Waals surface area contributed by atoms with Crippen LogP contribution < -0.4 is 5.32 Å². The first-order valence-corrected chi connectivity index (χ1v) is 40.5. The summed E-state index contributed by atoms with van der Waals surface area (Å²) in [7, 11) is 0. The van der Waals surface area contributed by atoms with E-state index in [1.165, 1.54) is 231 Å². The van der Waals surface area contributed by atoms with Gasteiger partial charge in [-0.3, -0.25) is 4.79 Å². The van der Waals surface area contributed by atoms with Crippen molar-refractivity contribution in [2.24, 2.45) is 0 Å². The lowest BCUT2D eigenvalue weighted by Gasteiger charge is -2.48. The number of hydrogen-bond acceptors (Lipinski definition) is 18. The molecule has 19 nitrogen and oxygen atoms in total. The molecule has 0 aliphatic carbocycles. The highest BCUT2D eigenvalue weighted by Gasteiger charge is 2.54. The second kappa shape index (κ2) is 61.6. The number of allylic oxidation sites excluding steroid dienone is 9. The molecular weight excluding hydrogens is 1270 g/mol. The minimum absolute atomic E-state index is 0.233. The largest absolute Gasteiger partial charge is 0.394 e. The maximum atomic E-state index is 13.5. The average Bonchev–Trinajstić information content (AvgIpc) is 0.783. The smallest absolute Gasteiger partial charge is 0.220 e. The number of amides is 1. The molecule has 0 radical (unpaired) electrons. The number of unbranched alkanes of at least 4 members (excludes halogenated alkanes) is 40. The zero-order valence-corrected chi connectivity index (χ0v) is 62.4. The Bertz CT molecular complexity index is 2040. The van der Waals surface area contributed by atoms with E-state index >= 15 is 0 Å². The Labute approximate surface area is 605 Å². The van der Waals surface area contributed by atoms with Crippen molar-refractivity contribution in [3.05, 3.63) is 60.8 Å². The van der Waals surface area contributed by atoms with Gasteiger partial charge < -0.3 is 89.9 Å². The summed E-state index contributed by atoms with van der Waals surface area (Å²) in [5, 5.41) is 121. The van der Waals surface area contributed by atoms with Crippen molar-refractivity contribution < 1.29 is 89.4 Å². The van der Waals surface area contributed by atoms with Gasteiger partial charge in [-0.25, -0.2) is 0 Å². The van der Waals surface area contributed by atoms with E-state index in [0.29, 0.717) is 12.8 Å². The van der Waals surface area contributed by atoms with Gasteiger partial charge in [-0.15, -0.1) is 0 Å². The topological polar surface area (TPSA) is 307 Å². The third-order valence-corrected chi connectivity index (χ3v) is 20.0. The minimum Gasteiger partial charge on any atom is -0.394 e.